The highest BCUT2D eigenvalue weighted by molar-refractivity contribution is 5.79. The first-order valence-electron chi connectivity index (χ1n) is 7.87. The molecule has 0 amide bonds. The molecule has 2 rings (SSSR count). The van der Waals surface area contributed by atoms with Crippen molar-refractivity contribution in [1.29, 1.82) is 0 Å². The lowest BCUT2D eigenvalue weighted by atomic mass is 10.2. The Bertz CT molecular complexity index is 591. The fourth-order valence-electron chi connectivity index (χ4n) is 2.11. The fourth-order valence-corrected chi connectivity index (χ4v) is 2.11. The average molecular weight is 315 g/mol. The van der Waals surface area contributed by atoms with Crippen LogP contribution in [0.4, 0.5) is 0 Å². The summed E-state index contributed by atoms with van der Waals surface area (Å²) in [6.07, 6.45) is 2.55. The van der Waals surface area contributed by atoms with E-state index in [1.807, 2.05) is 43.3 Å². The van der Waals surface area contributed by atoms with Crippen molar-refractivity contribution in [2.75, 3.05) is 20.1 Å². The average Bonchev–Trinajstić information content (AvgIpc) is 3.06. The van der Waals surface area contributed by atoms with Gasteiger partial charge in [-0.2, -0.15) is 0 Å². The molecular weight excluding hydrogens is 290 g/mol. The molecule has 0 fully saturated rings. The molecule has 5 heteroatoms. The minimum Gasteiger partial charge on any atom is -0.489 e. The maximum atomic E-state index is 5.87. The summed E-state index contributed by atoms with van der Waals surface area (Å²) in [6, 6.07) is 11.9. The van der Waals surface area contributed by atoms with Crippen LogP contribution >= 0.6 is 0 Å². The van der Waals surface area contributed by atoms with E-state index in [2.05, 4.69) is 22.5 Å². The standard InChI is InChI=1S/C18H25N3O2/c1-14-6-8-17(9-7-14)23-15(2)13-21-18(19-3)20-11-10-16-5-4-12-22-16/h4-9,12,15H,10-11,13H2,1-3H3,(H2,19,20,21). The Morgan fingerprint density at radius 2 is 2.00 bits per heavy atom. The van der Waals surface area contributed by atoms with E-state index in [0.717, 1.165) is 30.4 Å². The summed E-state index contributed by atoms with van der Waals surface area (Å²) in [5, 5.41) is 6.52. The number of aliphatic imine (C=N–C) groups is 1. The number of ether oxygens (including phenoxy) is 1. The Morgan fingerprint density at radius 1 is 1.22 bits per heavy atom. The van der Waals surface area contributed by atoms with E-state index in [1.165, 1.54) is 5.56 Å². The van der Waals surface area contributed by atoms with Gasteiger partial charge >= 0.3 is 0 Å². The van der Waals surface area contributed by atoms with Crippen LogP contribution in [0.25, 0.3) is 0 Å². The molecule has 2 aromatic rings. The Hall–Kier alpha value is -2.43. The molecule has 1 aromatic carbocycles. The maximum absolute atomic E-state index is 5.87. The second-order valence-corrected chi connectivity index (χ2v) is 5.45. The van der Waals surface area contributed by atoms with E-state index in [0.29, 0.717) is 6.54 Å². The molecule has 0 radical (unpaired) electrons. The molecular formula is C18H25N3O2. The third kappa shape index (κ3) is 6.06. The molecule has 0 spiro atoms. The molecule has 2 N–H and O–H groups in total. The minimum absolute atomic E-state index is 0.0429. The Labute approximate surface area is 137 Å². The number of rotatable bonds is 7. The Morgan fingerprint density at radius 3 is 2.65 bits per heavy atom. The Kier molecular flexibility index (Phi) is 6.54. The van der Waals surface area contributed by atoms with Crippen LogP contribution in [0.1, 0.15) is 18.2 Å². The van der Waals surface area contributed by atoms with Crippen molar-refractivity contribution in [3.8, 4) is 5.75 Å². The molecule has 0 saturated heterocycles. The first-order chi connectivity index (χ1) is 11.2. The molecule has 0 saturated carbocycles. The van der Waals surface area contributed by atoms with Crippen molar-refractivity contribution < 1.29 is 9.15 Å². The highest BCUT2D eigenvalue weighted by atomic mass is 16.5. The molecule has 1 unspecified atom stereocenters. The van der Waals surface area contributed by atoms with Gasteiger partial charge in [0.15, 0.2) is 5.96 Å². The lowest BCUT2D eigenvalue weighted by molar-refractivity contribution is 0.224. The van der Waals surface area contributed by atoms with E-state index in [-0.39, 0.29) is 6.10 Å². The zero-order valence-electron chi connectivity index (χ0n) is 14.0. The molecule has 1 heterocycles. The predicted octanol–water partition coefficient (Wildman–Crippen LogP) is 2.76. The molecule has 0 aliphatic carbocycles. The van der Waals surface area contributed by atoms with Gasteiger partial charge in [-0.3, -0.25) is 4.99 Å². The van der Waals surface area contributed by atoms with Crippen LogP contribution in [-0.2, 0) is 6.42 Å². The van der Waals surface area contributed by atoms with Crippen molar-refractivity contribution in [2.45, 2.75) is 26.4 Å². The van der Waals surface area contributed by atoms with Crippen molar-refractivity contribution >= 4 is 5.96 Å². The second kappa shape index (κ2) is 8.88. The van der Waals surface area contributed by atoms with Gasteiger partial charge in [0, 0.05) is 20.0 Å². The van der Waals surface area contributed by atoms with Gasteiger partial charge in [0.1, 0.15) is 17.6 Å². The van der Waals surface area contributed by atoms with Crippen LogP contribution in [0.3, 0.4) is 0 Å². The molecule has 124 valence electrons. The van der Waals surface area contributed by atoms with Crippen LogP contribution in [0.2, 0.25) is 0 Å². The molecule has 0 aliphatic heterocycles. The summed E-state index contributed by atoms with van der Waals surface area (Å²) in [5.74, 6) is 2.60. The molecule has 1 aromatic heterocycles. The highest BCUT2D eigenvalue weighted by Gasteiger charge is 2.06. The lowest BCUT2D eigenvalue weighted by Gasteiger charge is -2.17. The highest BCUT2D eigenvalue weighted by Crippen LogP contribution is 2.12. The van der Waals surface area contributed by atoms with Gasteiger partial charge in [-0.1, -0.05) is 17.7 Å². The van der Waals surface area contributed by atoms with Crippen LogP contribution < -0.4 is 15.4 Å². The van der Waals surface area contributed by atoms with Crippen molar-refractivity contribution in [3.05, 3.63) is 54.0 Å². The number of guanidine groups is 1. The van der Waals surface area contributed by atoms with Crippen LogP contribution in [0, 0.1) is 6.92 Å². The number of hydrogen-bond acceptors (Lipinski definition) is 3. The zero-order chi connectivity index (χ0) is 16.5. The number of nitrogens with zero attached hydrogens (tertiary/aromatic N) is 1. The first kappa shape index (κ1) is 16.9. The molecule has 0 aliphatic rings. The van der Waals surface area contributed by atoms with Gasteiger partial charge in [0.25, 0.3) is 0 Å². The van der Waals surface area contributed by atoms with Crippen LogP contribution in [-0.4, -0.2) is 32.2 Å². The zero-order valence-corrected chi connectivity index (χ0v) is 14.0. The minimum atomic E-state index is 0.0429. The normalized spacial score (nSPS) is 12.7. The third-order valence-corrected chi connectivity index (χ3v) is 3.38. The smallest absolute Gasteiger partial charge is 0.191 e. The monoisotopic (exact) mass is 315 g/mol. The quantitative estimate of drug-likeness (QED) is 0.609. The van der Waals surface area contributed by atoms with Gasteiger partial charge in [-0.05, 0) is 38.1 Å². The van der Waals surface area contributed by atoms with Gasteiger partial charge in [-0.15, -0.1) is 0 Å². The second-order valence-electron chi connectivity index (χ2n) is 5.45. The number of hydrogen-bond donors (Lipinski definition) is 2. The number of furan rings is 1. The summed E-state index contributed by atoms with van der Waals surface area (Å²) < 4.78 is 11.2. The van der Waals surface area contributed by atoms with Gasteiger partial charge in [0.05, 0.1) is 12.8 Å². The number of nitrogens with one attached hydrogen (secondary N) is 2. The van der Waals surface area contributed by atoms with Gasteiger partial charge in [0.2, 0.25) is 0 Å². The third-order valence-electron chi connectivity index (χ3n) is 3.38. The van der Waals surface area contributed by atoms with E-state index < -0.39 is 0 Å². The van der Waals surface area contributed by atoms with Crippen molar-refractivity contribution in [1.82, 2.24) is 10.6 Å². The topological polar surface area (TPSA) is 58.8 Å². The molecule has 23 heavy (non-hydrogen) atoms. The molecule has 1 atom stereocenters. The number of benzene rings is 1. The van der Waals surface area contributed by atoms with Gasteiger partial charge < -0.3 is 19.8 Å². The van der Waals surface area contributed by atoms with E-state index >= 15 is 0 Å². The first-order valence-corrected chi connectivity index (χ1v) is 7.87. The number of aryl methyl sites for hydroxylation is 1. The molecule has 0 bridgehead atoms. The largest absolute Gasteiger partial charge is 0.489 e. The summed E-state index contributed by atoms with van der Waals surface area (Å²) in [5.41, 5.74) is 1.23. The SMILES string of the molecule is CN=C(NCCc1ccco1)NCC(C)Oc1ccc(C)cc1. The fraction of sp³-hybridized carbons (Fsp3) is 0.389. The summed E-state index contributed by atoms with van der Waals surface area (Å²) in [7, 11) is 1.76. The summed E-state index contributed by atoms with van der Waals surface area (Å²) >= 11 is 0. The predicted molar refractivity (Wildman–Crippen MR) is 93.0 cm³/mol. The summed E-state index contributed by atoms with van der Waals surface area (Å²) in [6.45, 7) is 5.53. The summed E-state index contributed by atoms with van der Waals surface area (Å²) in [4.78, 5) is 4.21. The van der Waals surface area contributed by atoms with Crippen molar-refractivity contribution in [2.24, 2.45) is 4.99 Å². The lowest BCUT2D eigenvalue weighted by Crippen LogP contribution is -2.42. The van der Waals surface area contributed by atoms with E-state index in [1.54, 1.807) is 13.3 Å². The maximum Gasteiger partial charge on any atom is 0.191 e. The van der Waals surface area contributed by atoms with Crippen LogP contribution in [0.5, 0.6) is 5.75 Å². The van der Waals surface area contributed by atoms with Gasteiger partial charge in [-0.25, -0.2) is 0 Å². The van der Waals surface area contributed by atoms with Crippen LogP contribution in [0.15, 0.2) is 52.1 Å². The van der Waals surface area contributed by atoms with E-state index in [4.69, 9.17) is 9.15 Å². The molecule has 5 nitrogen and oxygen atoms in total. The Balaban J connectivity index is 1.68. The van der Waals surface area contributed by atoms with Crippen molar-refractivity contribution in [3.63, 3.8) is 0 Å². The van der Waals surface area contributed by atoms with E-state index in [9.17, 15) is 0 Å².